The molecule has 0 radical (unpaired) electrons. The smallest absolute Gasteiger partial charge is 0.132 e. The van der Waals surface area contributed by atoms with E-state index in [-0.39, 0.29) is 22.3 Å². The molecule has 2 heteroatoms. The van der Waals surface area contributed by atoms with E-state index in [0.717, 1.165) is 27.5 Å². The Labute approximate surface area is 282 Å². The van der Waals surface area contributed by atoms with Gasteiger partial charge >= 0.3 is 0 Å². The summed E-state index contributed by atoms with van der Waals surface area (Å²) in [6.45, 7) is 0. The summed E-state index contributed by atoms with van der Waals surface area (Å²) in [4.78, 5) is 0. The molecule has 1 spiro atoms. The van der Waals surface area contributed by atoms with Gasteiger partial charge in [-0.15, -0.1) is 0 Å². The van der Waals surface area contributed by atoms with E-state index in [1.54, 1.807) is 12.1 Å². The Hall–Kier alpha value is -5.86. The van der Waals surface area contributed by atoms with Crippen LogP contribution in [0, 0.1) is 0 Å². The number of benzene rings is 7. The first-order valence-electron chi connectivity index (χ1n) is 21.8. The third-order valence-corrected chi connectivity index (χ3v) is 8.74. The molecule has 0 bridgehead atoms. The Morgan fingerprint density at radius 2 is 1.16 bits per heavy atom. The van der Waals surface area contributed by atoms with E-state index in [0.29, 0.717) is 5.56 Å². The molecule has 10 rings (SSSR count). The van der Waals surface area contributed by atoms with Crippen molar-refractivity contribution in [3.05, 3.63) is 186 Å². The van der Waals surface area contributed by atoms with Crippen LogP contribution in [0.2, 0.25) is 0 Å². The average Bonchev–Trinajstić information content (AvgIpc) is 3.74. The van der Waals surface area contributed by atoms with Crippen molar-refractivity contribution < 1.29 is 25.3 Å². The lowest BCUT2D eigenvalue weighted by atomic mass is 9.66. The third-order valence-electron chi connectivity index (χ3n) is 8.74. The molecule has 1 aliphatic heterocycles. The number of ether oxygens (including phenoxy) is 1. The molecule has 0 saturated heterocycles. The highest BCUT2D eigenvalue weighted by atomic mass is 16.5. The number of aromatic nitrogens is 1. The van der Waals surface area contributed by atoms with Gasteiger partial charge in [-0.1, -0.05) is 115 Å². The Bertz CT molecular complexity index is 3240. The first-order valence-corrected chi connectivity index (χ1v) is 14.3. The van der Waals surface area contributed by atoms with E-state index < -0.39 is 124 Å². The molecule has 0 fully saturated rings. The molecule has 1 aromatic heterocycles. The minimum atomic E-state index is -2.53. The zero-order valence-electron chi connectivity index (χ0n) is 38.3. The van der Waals surface area contributed by atoms with Crippen LogP contribution in [0.15, 0.2) is 163 Å². The lowest BCUT2D eigenvalue weighted by Crippen LogP contribution is -2.32. The highest BCUT2D eigenvalue weighted by Gasteiger charge is 2.50. The van der Waals surface area contributed by atoms with Gasteiger partial charge in [-0.3, -0.25) is 0 Å². The summed E-state index contributed by atoms with van der Waals surface area (Å²) in [7, 11) is 0. The van der Waals surface area contributed by atoms with E-state index in [4.69, 9.17) is 17.1 Å². The molecule has 7 aromatic carbocycles. The number of para-hydroxylation sites is 3. The van der Waals surface area contributed by atoms with Crippen molar-refractivity contribution in [3.63, 3.8) is 0 Å². The van der Waals surface area contributed by atoms with E-state index >= 15 is 0 Å². The van der Waals surface area contributed by atoms with Gasteiger partial charge in [-0.05, 0) is 81.8 Å². The van der Waals surface area contributed by atoms with Crippen LogP contribution < -0.4 is 4.74 Å². The van der Waals surface area contributed by atoms with Gasteiger partial charge < -0.3 is 9.30 Å². The fourth-order valence-corrected chi connectivity index (χ4v) is 6.92. The second kappa shape index (κ2) is 9.07. The van der Waals surface area contributed by atoms with E-state index in [1.165, 1.54) is 0 Å². The van der Waals surface area contributed by atoms with Gasteiger partial charge in [0.15, 0.2) is 0 Å². The van der Waals surface area contributed by atoms with E-state index in [1.807, 2.05) is 60.7 Å². The zero-order valence-corrected chi connectivity index (χ0v) is 23.3. The SMILES string of the molecule is [2H]c1c([2H])c([2H])c2c(c1[2H])Oc1c([2H])c([2H])c(-c3ccc4c(c3)c3ccccc3n4-c3ccccc3)c([2H])c1C21c2c([2H])c([2H])c([2H])c([2H])c2-c2c([2H])c([2H])c([2H])c([2H])c21. The third kappa shape index (κ3) is 3.23. The van der Waals surface area contributed by atoms with Gasteiger partial charge in [0.25, 0.3) is 0 Å². The predicted molar refractivity (Wildman–Crippen MR) is 184 cm³/mol. The van der Waals surface area contributed by atoms with Gasteiger partial charge in [0, 0.05) is 27.6 Å². The van der Waals surface area contributed by atoms with Crippen LogP contribution in [-0.4, -0.2) is 4.57 Å². The summed E-state index contributed by atoms with van der Waals surface area (Å²) < 4.78 is 145. The van der Waals surface area contributed by atoms with Crippen LogP contribution in [-0.2, 0) is 5.41 Å². The van der Waals surface area contributed by atoms with Crippen molar-refractivity contribution in [1.82, 2.24) is 4.57 Å². The Morgan fingerprint density at radius 3 is 1.96 bits per heavy atom. The van der Waals surface area contributed by atoms with E-state index in [2.05, 4.69) is 4.57 Å². The molecule has 8 aromatic rings. The van der Waals surface area contributed by atoms with Crippen molar-refractivity contribution in [2.24, 2.45) is 0 Å². The number of fused-ring (bicyclic) bond motifs is 12. The minimum absolute atomic E-state index is 0.124. The lowest BCUT2D eigenvalue weighted by molar-refractivity contribution is 0.436. The molecular weight excluding hydrogens is 546 g/mol. The largest absolute Gasteiger partial charge is 0.457 e. The highest BCUT2D eigenvalue weighted by molar-refractivity contribution is 6.10. The molecule has 0 atom stereocenters. The first kappa shape index (κ1) is 14.3. The normalized spacial score (nSPS) is 18.4. The maximum absolute atomic E-state index is 10.1. The molecule has 0 N–H and O–H groups in total. The van der Waals surface area contributed by atoms with Gasteiger partial charge in [0.2, 0.25) is 0 Å². The summed E-state index contributed by atoms with van der Waals surface area (Å²) in [6, 6.07) is 12.2. The second-order valence-electron chi connectivity index (χ2n) is 10.9. The van der Waals surface area contributed by atoms with Crippen LogP contribution >= 0.6 is 0 Å². The summed E-state index contributed by atoms with van der Waals surface area (Å²) in [6.07, 6.45) is 0. The Balaban J connectivity index is 1.42. The number of rotatable bonds is 2. The van der Waals surface area contributed by atoms with Crippen LogP contribution in [0.4, 0.5) is 0 Å². The number of nitrogens with zero attached hydrogens (tertiary/aromatic N) is 1. The Kier molecular flexibility index (Phi) is 2.88. The molecule has 45 heavy (non-hydrogen) atoms. The molecule has 2 aliphatic rings. The molecule has 1 aliphatic carbocycles. The van der Waals surface area contributed by atoms with Crippen LogP contribution in [0.5, 0.6) is 11.5 Å². The number of hydrogen-bond acceptors (Lipinski definition) is 1. The van der Waals surface area contributed by atoms with Crippen LogP contribution in [0.25, 0.3) is 49.7 Å². The molecule has 0 saturated carbocycles. The fraction of sp³-hybridized carbons (Fsp3) is 0.0233. The molecular formula is C43H27NO. The van der Waals surface area contributed by atoms with Crippen molar-refractivity contribution in [3.8, 4) is 39.4 Å². The van der Waals surface area contributed by atoms with Gasteiger partial charge in [0.1, 0.15) is 11.5 Å². The Morgan fingerprint density at radius 1 is 0.511 bits per heavy atom. The lowest BCUT2D eigenvalue weighted by Gasteiger charge is -2.39. The predicted octanol–water partition coefficient (Wildman–Crippen LogP) is 10.9. The van der Waals surface area contributed by atoms with Crippen LogP contribution in [0.3, 0.4) is 0 Å². The standard InChI is InChI=1S/C43H27NO/c1-2-12-30(13-3-1)44-39-20-10-6-16-33(39)34-26-28(22-24-40(34)44)29-23-25-42-38(27-29)43(37-19-9-11-21-41(37)45-42)35-17-7-4-14-31(35)32-15-5-8-18-36(32)43/h1-27H/i4D,5D,7D,8D,9D,11D,14D,15D,17D,18D,19D,21D,23D,25D,27D. The quantitative estimate of drug-likeness (QED) is 0.196. The minimum Gasteiger partial charge on any atom is -0.457 e. The topological polar surface area (TPSA) is 14.2 Å². The van der Waals surface area contributed by atoms with Gasteiger partial charge in [0.05, 0.1) is 37.0 Å². The maximum atomic E-state index is 10.1. The fourth-order valence-electron chi connectivity index (χ4n) is 6.92. The number of hydrogen-bond donors (Lipinski definition) is 0. The summed E-state index contributed by atoms with van der Waals surface area (Å²) in [5.41, 5.74) is -2.15. The molecule has 0 amide bonds. The summed E-state index contributed by atoms with van der Waals surface area (Å²) >= 11 is 0. The highest BCUT2D eigenvalue weighted by Crippen LogP contribution is 2.62. The van der Waals surface area contributed by atoms with Crippen molar-refractivity contribution in [2.75, 3.05) is 0 Å². The van der Waals surface area contributed by atoms with E-state index in [9.17, 15) is 8.22 Å². The zero-order chi connectivity index (χ0) is 42.6. The maximum Gasteiger partial charge on any atom is 0.132 e. The van der Waals surface area contributed by atoms with Crippen molar-refractivity contribution >= 4 is 21.8 Å². The first-order chi connectivity index (χ1) is 28.6. The monoisotopic (exact) mass is 588 g/mol. The van der Waals surface area contributed by atoms with Gasteiger partial charge in [-0.25, -0.2) is 0 Å². The molecule has 210 valence electrons. The summed E-state index contributed by atoms with van der Waals surface area (Å²) in [5, 5.41) is 1.58. The molecule has 2 nitrogen and oxygen atoms in total. The van der Waals surface area contributed by atoms with Crippen LogP contribution in [0.1, 0.15) is 42.8 Å². The molecule has 2 heterocycles. The average molecular weight is 589 g/mol. The van der Waals surface area contributed by atoms with Gasteiger partial charge in [-0.2, -0.15) is 0 Å². The molecule has 0 unspecified atom stereocenters. The second-order valence-corrected chi connectivity index (χ2v) is 10.9. The van der Waals surface area contributed by atoms with Crippen molar-refractivity contribution in [1.29, 1.82) is 0 Å². The summed E-state index contributed by atoms with van der Waals surface area (Å²) in [5.74, 6) is -1.12. The van der Waals surface area contributed by atoms with Crippen molar-refractivity contribution in [2.45, 2.75) is 5.41 Å².